The SMILES string of the molecule is CC(Sc1ccccc1F)C(=O)Nc1cccc2ncccc12. The number of halogens is 1. The van der Waals surface area contributed by atoms with Crippen molar-refractivity contribution in [1.29, 1.82) is 0 Å². The number of hydrogen-bond acceptors (Lipinski definition) is 3. The second-order valence-corrected chi connectivity index (χ2v) is 6.44. The molecule has 0 saturated carbocycles. The van der Waals surface area contributed by atoms with E-state index in [-0.39, 0.29) is 11.7 Å². The van der Waals surface area contributed by atoms with E-state index in [1.165, 1.54) is 17.8 Å². The lowest BCUT2D eigenvalue weighted by molar-refractivity contribution is -0.115. The second kappa shape index (κ2) is 6.79. The van der Waals surface area contributed by atoms with Crippen molar-refractivity contribution in [3.05, 3.63) is 66.6 Å². The molecule has 0 fully saturated rings. The van der Waals surface area contributed by atoms with Gasteiger partial charge in [-0.1, -0.05) is 18.2 Å². The van der Waals surface area contributed by atoms with Crippen molar-refractivity contribution in [1.82, 2.24) is 4.98 Å². The number of nitrogens with zero attached hydrogens (tertiary/aromatic N) is 1. The molecule has 0 bridgehead atoms. The molecule has 3 rings (SSSR count). The molecule has 1 amide bonds. The summed E-state index contributed by atoms with van der Waals surface area (Å²) < 4.78 is 13.7. The molecule has 2 aromatic carbocycles. The van der Waals surface area contributed by atoms with Crippen LogP contribution >= 0.6 is 11.8 Å². The quantitative estimate of drug-likeness (QED) is 0.718. The third-order valence-electron chi connectivity index (χ3n) is 3.41. The minimum absolute atomic E-state index is 0.172. The summed E-state index contributed by atoms with van der Waals surface area (Å²) >= 11 is 1.20. The monoisotopic (exact) mass is 326 g/mol. The van der Waals surface area contributed by atoms with Gasteiger partial charge in [-0.3, -0.25) is 9.78 Å². The van der Waals surface area contributed by atoms with Gasteiger partial charge >= 0.3 is 0 Å². The van der Waals surface area contributed by atoms with Gasteiger partial charge < -0.3 is 5.32 Å². The Bertz CT molecular complexity index is 848. The first kappa shape index (κ1) is 15.5. The van der Waals surface area contributed by atoms with E-state index < -0.39 is 5.25 Å². The molecule has 0 aliphatic carbocycles. The molecule has 0 radical (unpaired) electrons. The van der Waals surface area contributed by atoms with Crippen LogP contribution in [0.5, 0.6) is 0 Å². The van der Waals surface area contributed by atoms with Gasteiger partial charge in [-0.15, -0.1) is 11.8 Å². The molecular weight excluding hydrogens is 311 g/mol. The lowest BCUT2D eigenvalue weighted by Crippen LogP contribution is -2.22. The van der Waals surface area contributed by atoms with Gasteiger partial charge in [-0.25, -0.2) is 4.39 Å². The van der Waals surface area contributed by atoms with Crippen LogP contribution in [0, 0.1) is 5.82 Å². The maximum absolute atomic E-state index is 13.7. The molecule has 0 aliphatic heterocycles. The van der Waals surface area contributed by atoms with Gasteiger partial charge in [0.2, 0.25) is 5.91 Å². The van der Waals surface area contributed by atoms with E-state index in [4.69, 9.17) is 0 Å². The van der Waals surface area contributed by atoms with Gasteiger partial charge in [0, 0.05) is 16.5 Å². The van der Waals surface area contributed by atoms with Crippen LogP contribution in [0.25, 0.3) is 10.9 Å². The highest BCUT2D eigenvalue weighted by Gasteiger charge is 2.17. The molecule has 3 nitrogen and oxygen atoms in total. The van der Waals surface area contributed by atoms with Crippen LogP contribution in [-0.2, 0) is 4.79 Å². The van der Waals surface area contributed by atoms with Gasteiger partial charge in [-0.05, 0) is 43.3 Å². The Labute approximate surface area is 137 Å². The first-order valence-electron chi connectivity index (χ1n) is 7.21. The fraction of sp³-hybridized carbons (Fsp3) is 0.111. The van der Waals surface area contributed by atoms with Crippen LogP contribution in [0.1, 0.15) is 6.92 Å². The van der Waals surface area contributed by atoms with Crippen LogP contribution in [0.3, 0.4) is 0 Å². The molecule has 1 N–H and O–H groups in total. The summed E-state index contributed by atoms with van der Waals surface area (Å²) in [5.74, 6) is -0.485. The van der Waals surface area contributed by atoms with Crippen molar-refractivity contribution in [2.24, 2.45) is 0 Å². The summed E-state index contributed by atoms with van der Waals surface area (Å²) in [5.41, 5.74) is 1.53. The van der Waals surface area contributed by atoms with Crippen molar-refractivity contribution >= 4 is 34.3 Å². The summed E-state index contributed by atoms with van der Waals surface area (Å²) in [7, 11) is 0. The lowest BCUT2D eigenvalue weighted by atomic mass is 10.2. The zero-order valence-corrected chi connectivity index (χ0v) is 13.3. The van der Waals surface area contributed by atoms with Gasteiger partial charge in [0.25, 0.3) is 0 Å². The zero-order chi connectivity index (χ0) is 16.2. The van der Waals surface area contributed by atoms with Gasteiger partial charge in [-0.2, -0.15) is 0 Å². The summed E-state index contributed by atoms with van der Waals surface area (Å²) in [4.78, 5) is 17.1. The smallest absolute Gasteiger partial charge is 0.237 e. The van der Waals surface area contributed by atoms with Crippen LogP contribution in [0.2, 0.25) is 0 Å². The number of benzene rings is 2. The third-order valence-corrected chi connectivity index (χ3v) is 4.57. The van der Waals surface area contributed by atoms with Crippen molar-refractivity contribution in [3.8, 4) is 0 Å². The largest absolute Gasteiger partial charge is 0.324 e. The summed E-state index contributed by atoms with van der Waals surface area (Å²) in [6, 6.07) is 15.8. The summed E-state index contributed by atoms with van der Waals surface area (Å²) in [6.45, 7) is 1.76. The molecule has 3 aromatic rings. The number of nitrogens with one attached hydrogen (secondary N) is 1. The number of hydrogen-bond donors (Lipinski definition) is 1. The average molecular weight is 326 g/mol. The highest BCUT2D eigenvalue weighted by atomic mass is 32.2. The van der Waals surface area contributed by atoms with Crippen LogP contribution in [0.15, 0.2) is 65.7 Å². The Morgan fingerprint density at radius 2 is 1.96 bits per heavy atom. The number of fused-ring (bicyclic) bond motifs is 1. The van der Waals surface area contributed by atoms with Crippen molar-refractivity contribution < 1.29 is 9.18 Å². The van der Waals surface area contributed by atoms with Crippen LogP contribution in [-0.4, -0.2) is 16.1 Å². The van der Waals surface area contributed by atoms with Crippen molar-refractivity contribution in [3.63, 3.8) is 0 Å². The molecule has 23 heavy (non-hydrogen) atoms. The molecular formula is C18H15FN2OS. The number of amides is 1. The maximum atomic E-state index is 13.7. The fourth-order valence-corrected chi connectivity index (χ4v) is 3.12. The van der Waals surface area contributed by atoms with Gasteiger partial charge in [0.05, 0.1) is 16.5 Å². The average Bonchev–Trinajstić information content (AvgIpc) is 2.57. The summed E-state index contributed by atoms with van der Waals surface area (Å²) in [6.07, 6.45) is 1.71. The highest BCUT2D eigenvalue weighted by molar-refractivity contribution is 8.00. The Balaban J connectivity index is 1.77. The van der Waals surface area contributed by atoms with E-state index in [9.17, 15) is 9.18 Å². The van der Waals surface area contributed by atoms with Crippen molar-refractivity contribution in [2.75, 3.05) is 5.32 Å². The number of anilines is 1. The predicted octanol–water partition coefficient (Wildman–Crippen LogP) is 4.49. The number of carbonyl (C=O) groups excluding carboxylic acids is 1. The van der Waals surface area contributed by atoms with E-state index in [2.05, 4.69) is 10.3 Å². The Morgan fingerprint density at radius 1 is 1.13 bits per heavy atom. The molecule has 1 aromatic heterocycles. The zero-order valence-electron chi connectivity index (χ0n) is 12.5. The topological polar surface area (TPSA) is 42.0 Å². The first-order valence-corrected chi connectivity index (χ1v) is 8.09. The van der Waals surface area contributed by atoms with E-state index in [1.54, 1.807) is 31.3 Å². The Morgan fingerprint density at radius 3 is 2.78 bits per heavy atom. The van der Waals surface area contributed by atoms with Crippen LogP contribution < -0.4 is 5.32 Å². The number of pyridine rings is 1. The fourth-order valence-electron chi connectivity index (χ4n) is 2.23. The molecule has 0 aliphatic rings. The molecule has 5 heteroatoms. The molecule has 1 heterocycles. The molecule has 0 spiro atoms. The number of carbonyl (C=O) groups is 1. The first-order chi connectivity index (χ1) is 11.1. The highest BCUT2D eigenvalue weighted by Crippen LogP contribution is 2.27. The minimum Gasteiger partial charge on any atom is -0.324 e. The second-order valence-electron chi connectivity index (χ2n) is 5.06. The standard InChI is InChI=1S/C18H15FN2OS/c1-12(23-17-10-3-2-7-14(17)19)18(22)21-16-9-4-8-15-13(16)6-5-11-20-15/h2-12H,1H3,(H,21,22). The van der Waals surface area contributed by atoms with E-state index >= 15 is 0 Å². The third kappa shape index (κ3) is 3.51. The number of aromatic nitrogens is 1. The predicted molar refractivity (Wildman–Crippen MR) is 92.1 cm³/mol. The van der Waals surface area contributed by atoms with Crippen molar-refractivity contribution in [2.45, 2.75) is 17.1 Å². The molecule has 1 unspecified atom stereocenters. The van der Waals surface area contributed by atoms with E-state index in [0.29, 0.717) is 10.6 Å². The van der Waals surface area contributed by atoms with Gasteiger partial charge in [0.15, 0.2) is 0 Å². The molecule has 116 valence electrons. The van der Waals surface area contributed by atoms with E-state index in [1.807, 2.05) is 30.3 Å². The molecule has 0 saturated heterocycles. The van der Waals surface area contributed by atoms with E-state index in [0.717, 1.165) is 10.9 Å². The normalized spacial score (nSPS) is 12.1. The molecule has 1 atom stereocenters. The summed E-state index contributed by atoms with van der Waals surface area (Å²) in [5, 5.41) is 3.37. The van der Waals surface area contributed by atoms with Crippen LogP contribution in [0.4, 0.5) is 10.1 Å². The number of rotatable bonds is 4. The Hall–Kier alpha value is -2.40. The van der Waals surface area contributed by atoms with Gasteiger partial charge in [0.1, 0.15) is 5.82 Å². The minimum atomic E-state index is -0.418. The number of thioether (sulfide) groups is 1. The maximum Gasteiger partial charge on any atom is 0.237 e. The lowest BCUT2D eigenvalue weighted by Gasteiger charge is -2.13. The Kier molecular flexibility index (Phi) is 4.57.